The normalized spacial score (nSPS) is 18.9. The molecule has 1 aliphatic carbocycles. The van der Waals surface area contributed by atoms with Gasteiger partial charge in [-0.3, -0.25) is 0 Å². The third kappa shape index (κ3) is 4.37. The summed E-state index contributed by atoms with van der Waals surface area (Å²) in [6.07, 6.45) is 2.73. The molecule has 0 spiro atoms. The minimum Gasteiger partial charge on any atom is -0.382 e. The van der Waals surface area contributed by atoms with Gasteiger partial charge in [0.1, 0.15) is 0 Å². The molecule has 0 aromatic carbocycles. The predicted octanol–water partition coefficient (Wildman–Crippen LogP) is 0.0709. The van der Waals surface area contributed by atoms with Crippen molar-refractivity contribution in [3.63, 3.8) is 0 Å². The van der Waals surface area contributed by atoms with Gasteiger partial charge in [0.25, 0.3) is 0 Å². The molecule has 1 aliphatic rings. The van der Waals surface area contributed by atoms with Crippen LogP contribution in [0.1, 0.15) is 12.8 Å². The molecule has 14 heavy (non-hydrogen) atoms. The second-order valence-corrected chi connectivity index (χ2v) is 3.90. The fourth-order valence-electron chi connectivity index (χ4n) is 1.43. The van der Waals surface area contributed by atoms with Crippen molar-refractivity contribution in [2.24, 2.45) is 5.73 Å². The van der Waals surface area contributed by atoms with E-state index in [0.29, 0.717) is 13.2 Å². The average molecular weight is 202 g/mol. The first kappa shape index (κ1) is 11.9. The summed E-state index contributed by atoms with van der Waals surface area (Å²) in [4.78, 5) is 2.35. The van der Waals surface area contributed by atoms with E-state index < -0.39 is 0 Å². The minimum absolute atomic E-state index is 0.0487. The summed E-state index contributed by atoms with van der Waals surface area (Å²) in [7, 11) is 3.82. The molecule has 4 heteroatoms. The first-order valence-electron chi connectivity index (χ1n) is 5.28. The first-order chi connectivity index (χ1) is 6.77. The molecule has 0 aromatic rings. The lowest BCUT2D eigenvalue weighted by Gasteiger charge is -2.19. The Morgan fingerprint density at radius 3 is 2.71 bits per heavy atom. The van der Waals surface area contributed by atoms with E-state index in [0.717, 1.165) is 19.2 Å². The Labute approximate surface area is 86.3 Å². The minimum atomic E-state index is 0.0487. The zero-order valence-electron chi connectivity index (χ0n) is 9.24. The number of ether oxygens (including phenoxy) is 2. The van der Waals surface area contributed by atoms with Crippen LogP contribution in [-0.4, -0.2) is 57.5 Å². The first-order valence-corrected chi connectivity index (χ1v) is 5.28. The van der Waals surface area contributed by atoms with Crippen LogP contribution in [0.15, 0.2) is 0 Å². The zero-order chi connectivity index (χ0) is 10.4. The van der Waals surface area contributed by atoms with E-state index in [4.69, 9.17) is 15.2 Å². The second-order valence-electron chi connectivity index (χ2n) is 3.90. The quantitative estimate of drug-likeness (QED) is 0.605. The third-order valence-electron chi connectivity index (χ3n) is 2.58. The number of nitrogens with two attached hydrogens (primary N) is 1. The van der Waals surface area contributed by atoms with Crippen molar-refractivity contribution >= 4 is 0 Å². The number of methoxy groups -OCH3 is 1. The zero-order valence-corrected chi connectivity index (χ0v) is 9.24. The van der Waals surface area contributed by atoms with Gasteiger partial charge < -0.3 is 20.1 Å². The van der Waals surface area contributed by atoms with Crippen molar-refractivity contribution in [1.82, 2.24) is 4.90 Å². The largest absolute Gasteiger partial charge is 0.382 e. The van der Waals surface area contributed by atoms with Gasteiger partial charge in [-0.2, -0.15) is 0 Å². The summed E-state index contributed by atoms with van der Waals surface area (Å²) in [6.45, 7) is 2.85. The van der Waals surface area contributed by atoms with Crippen LogP contribution < -0.4 is 5.73 Å². The number of rotatable bonds is 8. The molecule has 84 valence electrons. The van der Waals surface area contributed by atoms with Gasteiger partial charge >= 0.3 is 0 Å². The highest BCUT2D eigenvalue weighted by Crippen LogP contribution is 2.24. The van der Waals surface area contributed by atoms with Crippen molar-refractivity contribution in [3.05, 3.63) is 0 Å². The Bertz CT molecular complexity index is 151. The number of hydrogen-bond donors (Lipinski definition) is 1. The van der Waals surface area contributed by atoms with Crippen molar-refractivity contribution < 1.29 is 9.47 Å². The highest BCUT2D eigenvalue weighted by molar-refractivity contribution is 4.82. The molecule has 0 saturated heterocycles. The van der Waals surface area contributed by atoms with Crippen LogP contribution in [-0.2, 0) is 9.47 Å². The van der Waals surface area contributed by atoms with Gasteiger partial charge in [0.2, 0.25) is 0 Å². The fraction of sp³-hybridized carbons (Fsp3) is 1.00. The molecule has 0 amide bonds. The van der Waals surface area contributed by atoms with Gasteiger partial charge in [-0.1, -0.05) is 0 Å². The molecule has 0 bridgehead atoms. The molecule has 0 radical (unpaired) electrons. The molecule has 1 atom stereocenters. The van der Waals surface area contributed by atoms with Crippen LogP contribution in [0.2, 0.25) is 0 Å². The molecule has 0 aromatic heterocycles. The van der Waals surface area contributed by atoms with Gasteiger partial charge in [0.15, 0.2) is 0 Å². The Morgan fingerprint density at radius 2 is 2.21 bits per heavy atom. The van der Waals surface area contributed by atoms with Crippen molar-refractivity contribution in [2.45, 2.75) is 25.0 Å². The number of likely N-dealkylation sites (N-methyl/N-ethyl adjacent to an activating group) is 1. The van der Waals surface area contributed by atoms with Crippen molar-refractivity contribution in [1.29, 1.82) is 0 Å². The average Bonchev–Trinajstić information content (AvgIpc) is 2.99. The van der Waals surface area contributed by atoms with Crippen LogP contribution in [0.25, 0.3) is 0 Å². The van der Waals surface area contributed by atoms with Crippen LogP contribution in [0.5, 0.6) is 0 Å². The summed E-state index contributed by atoms with van der Waals surface area (Å²) in [5.41, 5.74) is 5.53. The summed E-state index contributed by atoms with van der Waals surface area (Å²) in [6, 6.07) is 0.803. The van der Waals surface area contributed by atoms with Crippen molar-refractivity contribution in [3.8, 4) is 0 Å². The molecule has 1 unspecified atom stereocenters. The molecule has 1 saturated carbocycles. The topological polar surface area (TPSA) is 47.7 Å². The maximum atomic E-state index is 5.59. The molecule has 2 N–H and O–H groups in total. The van der Waals surface area contributed by atoms with Crippen LogP contribution in [0.3, 0.4) is 0 Å². The Kier molecular flexibility index (Phi) is 5.40. The number of hydrogen-bond acceptors (Lipinski definition) is 4. The molecule has 4 nitrogen and oxygen atoms in total. The smallest absolute Gasteiger partial charge is 0.0930 e. The molecule has 1 fully saturated rings. The van der Waals surface area contributed by atoms with Crippen LogP contribution >= 0.6 is 0 Å². The van der Waals surface area contributed by atoms with E-state index in [1.807, 2.05) is 0 Å². The standard InChI is InChI=1S/C10H22N2O2/c1-12(9-3-4-9)5-6-14-10(7-11)8-13-2/h9-10H,3-8,11H2,1-2H3. The van der Waals surface area contributed by atoms with Crippen LogP contribution in [0.4, 0.5) is 0 Å². The van der Waals surface area contributed by atoms with Gasteiger partial charge in [-0.05, 0) is 19.9 Å². The van der Waals surface area contributed by atoms with E-state index in [9.17, 15) is 0 Å². The number of nitrogens with zero attached hydrogens (tertiary/aromatic N) is 1. The lowest BCUT2D eigenvalue weighted by Crippen LogP contribution is -2.32. The van der Waals surface area contributed by atoms with Crippen LogP contribution in [0, 0.1) is 0 Å². The Morgan fingerprint density at radius 1 is 1.50 bits per heavy atom. The maximum absolute atomic E-state index is 5.59. The van der Waals surface area contributed by atoms with E-state index >= 15 is 0 Å². The van der Waals surface area contributed by atoms with E-state index in [-0.39, 0.29) is 6.10 Å². The molecular formula is C10H22N2O2. The SMILES string of the molecule is COCC(CN)OCCN(C)C1CC1. The molecular weight excluding hydrogens is 180 g/mol. The lowest BCUT2D eigenvalue weighted by atomic mass is 10.4. The van der Waals surface area contributed by atoms with Gasteiger partial charge in [-0.15, -0.1) is 0 Å². The van der Waals surface area contributed by atoms with E-state index in [1.54, 1.807) is 7.11 Å². The van der Waals surface area contributed by atoms with E-state index in [2.05, 4.69) is 11.9 Å². The van der Waals surface area contributed by atoms with Crippen molar-refractivity contribution in [2.75, 3.05) is 40.5 Å². The fourth-order valence-corrected chi connectivity index (χ4v) is 1.43. The Balaban J connectivity index is 1.99. The summed E-state index contributed by atoms with van der Waals surface area (Å²) < 4.78 is 10.6. The predicted molar refractivity (Wildman–Crippen MR) is 56.3 cm³/mol. The molecule has 0 heterocycles. The highest BCUT2D eigenvalue weighted by atomic mass is 16.5. The maximum Gasteiger partial charge on any atom is 0.0930 e. The summed E-state index contributed by atoms with van der Waals surface area (Å²) in [5, 5.41) is 0. The molecule has 0 aliphatic heterocycles. The molecule has 1 rings (SSSR count). The summed E-state index contributed by atoms with van der Waals surface area (Å²) >= 11 is 0. The van der Waals surface area contributed by atoms with E-state index in [1.165, 1.54) is 12.8 Å². The van der Waals surface area contributed by atoms with Gasteiger partial charge in [-0.25, -0.2) is 0 Å². The Hall–Kier alpha value is -0.160. The monoisotopic (exact) mass is 202 g/mol. The van der Waals surface area contributed by atoms with Gasteiger partial charge in [0, 0.05) is 26.2 Å². The lowest BCUT2D eigenvalue weighted by molar-refractivity contribution is -0.00331. The third-order valence-corrected chi connectivity index (χ3v) is 2.58. The highest BCUT2D eigenvalue weighted by Gasteiger charge is 2.25. The van der Waals surface area contributed by atoms with Gasteiger partial charge in [0.05, 0.1) is 19.3 Å². The summed E-state index contributed by atoms with van der Waals surface area (Å²) in [5.74, 6) is 0. The second kappa shape index (κ2) is 6.35.